The van der Waals surface area contributed by atoms with E-state index in [9.17, 15) is 0 Å². The third-order valence-corrected chi connectivity index (χ3v) is 17.0. The van der Waals surface area contributed by atoms with E-state index in [0.717, 1.165) is 44.6 Å². The first-order valence-corrected chi connectivity index (χ1v) is 26.4. The highest BCUT2D eigenvalue weighted by Crippen LogP contribution is 2.64. The standard InChI is InChI=1S/C74H47NO/c1-4-21-48(22-5-1)50-41-44-69-61(45-50)72-68(39-20-40-70(72)76-69)75(54-42-43-59-58-31-12-16-36-64(58)74(67(59)47-54)62-34-14-10-29-56(62)57-30-11-15-35-63(57)74)53-28-18-27-52(46-53)73(51-25-8-3-9-26-51)65-37-17-13-32-60(65)71-55(33-19-38-66(71)73)49-23-6-2-7-24-49/h1-47H. The Morgan fingerprint density at radius 2 is 0.789 bits per heavy atom. The van der Waals surface area contributed by atoms with Gasteiger partial charge in [-0.05, 0) is 149 Å². The molecule has 3 aliphatic carbocycles. The summed E-state index contributed by atoms with van der Waals surface area (Å²) in [5, 5.41) is 2.14. The highest BCUT2D eigenvalue weighted by atomic mass is 16.3. The zero-order valence-electron chi connectivity index (χ0n) is 41.5. The predicted octanol–water partition coefficient (Wildman–Crippen LogP) is 19.1. The van der Waals surface area contributed by atoms with Crippen molar-refractivity contribution in [3.63, 3.8) is 0 Å². The number of hydrogen-bond donors (Lipinski definition) is 0. The van der Waals surface area contributed by atoms with Crippen LogP contribution in [0.4, 0.5) is 17.1 Å². The van der Waals surface area contributed by atoms with Crippen LogP contribution in [0, 0.1) is 0 Å². The molecule has 76 heavy (non-hydrogen) atoms. The van der Waals surface area contributed by atoms with Gasteiger partial charge in [0.15, 0.2) is 0 Å². The molecule has 0 saturated carbocycles. The van der Waals surface area contributed by atoms with Gasteiger partial charge >= 0.3 is 0 Å². The second-order valence-corrected chi connectivity index (χ2v) is 20.6. The summed E-state index contributed by atoms with van der Waals surface area (Å²) in [5.74, 6) is 0. The van der Waals surface area contributed by atoms with Gasteiger partial charge in [0.1, 0.15) is 11.2 Å². The van der Waals surface area contributed by atoms with E-state index in [1.54, 1.807) is 0 Å². The van der Waals surface area contributed by atoms with E-state index in [-0.39, 0.29) is 0 Å². The van der Waals surface area contributed by atoms with Gasteiger partial charge in [-0.2, -0.15) is 0 Å². The summed E-state index contributed by atoms with van der Waals surface area (Å²) in [6.45, 7) is 0. The lowest BCUT2D eigenvalue weighted by Crippen LogP contribution is -2.29. The first-order chi connectivity index (χ1) is 37.7. The molecule has 3 aliphatic rings. The number of furan rings is 1. The quantitative estimate of drug-likeness (QED) is 0.158. The van der Waals surface area contributed by atoms with Crippen LogP contribution in [0.15, 0.2) is 290 Å². The minimum Gasteiger partial charge on any atom is -0.456 e. The van der Waals surface area contributed by atoms with Gasteiger partial charge in [-0.15, -0.1) is 0 Å². The molecule has 0 N–H and O–H groups in total. The van der Waals surface area contributed by atoms with Gasteiger partial charge in [-0.3, -0.25) is 0 Å². The Morgan fingerprint density at radius 1 is 0.276 bits per heavy atom. The van der Waals surface area contributed by atoms with Gasteiger partial charge in [0.25, 0.3) is 0 Å². The number of fused-ring (bicyclic) bond motifs is 16. The van der Waals surface area contributed by atoms with Crippen LogP contribution in [-0.4, -0.2) is 0 Å². The van der Waals surface area contributed by atoms with Gasteiger partial charge in [0.05, 0.1) is 21.9 Å². The predicted molar refractivity (Wildman–Crippen MR) is 313 cm³/mol. The van der Waals surface area contributed by atoms with Crippen molar-refractivity contribution in [2.45, 2.75) is 10.8 Å². The van der Waals surface area contributed by atoms with Crippen molar-refractivity contribution in [3.05, 3.63) is 330 Å². The van der Waals surface area contributed by atoms with Crippen LogP contribution in [0.25, 0.3) is 77.6 Å². The molecular weight excluding hydrogens is 919 g/mol. The first-order valence-electron chi connectivity index (χ1n) is 26.4. The molecule has 1 heterocycles. The normalized spacial score (nSPS) is 15.0. The molecule has 16 rings (SSSR count). The average molecular weight is 966 g/mol. The monoisotopic (exact) mass is 965 g/mol. The minimum atomic E-state index is -0.653. The third kappa shape index (κ3) is 5.81. The SMILES string of the molecule is c1ccc(-c2ccc3oc4cccc(N(c5cccc(C6(c7ccccc7)c7ccccc7-c7c(-c8ccccc8)cccc76)c5)c5ccc6c(c5)C5(c7ccccc7-c7ccccc75)c5ccccc5-6)c4c3c2)cc1. The van der Waals surface area contributed by atoms with Crippen LogP contribution in [0.1, 0.15) is 44.5 Å². The second kappa shape index (κ2) is 16.4. The van der Waals surface area contributed by atoms with Crippen LogP contribution in [-0.2, 0) is 10.8 Å². The largest absolute Gasteiger partial charge is 0.456 e. The van der Waals surface area contributed by atoms with Crippen molar-refractivity contribution in [2.24, 2.45) is 0 Å². The molecule has 0 saturated heterocycles. The summed E-state index contributed by atoms with van der Waals surface area (Å²) in [7, 11) is 0. The zero-order chi connectivity index (χ0) is 50.0. The summed E-state index contributed by atoms with van der Waals surface area (Å²) < 4.78 is 6.85. The van der Waals surface area contributed by atoms with Gasteiger partial charge in [0.2, 0.25) is 0 Å². The lowest BCUT2D eigenvalue weighted by Gasteiger charge is -2.35. The highest BCUT2D eigenvalue weighted by Gasteiger charge is 2.52. The van der Waals surface area contributed by atoms with Crippen LogP contribution in [0.3, 0.4) is 0 Å². The fraction of sp³-hybridized carbons (Fsp3) is 0.0270. The van der Waals surface area contributed by atoms with Crippen molar-refractivity contribution in [1.29, 1.82) is 0 Å². The molecule has 12 aromatic carbocycles. The molecule has 0 aliphatic heterocycles. The lowest BCUT2D eigenvalue weighted by molar-refractivity contribution is 0.669. The molecule has 2 heteroatoms. The number of benzene rings is 12. The molecule has 0 fully saturated rings. The average Bonchev–Trinajstić information content (AvgIpc) is 4.26. The van der Waals surface area contributed by atoms with Gasteiger partial charge in [-0.1, -0.05) is 237 Å². The van der Waals surface area contributed by atoms with E-state index in [2.05, 4.69) is 290 Å². The second-order valence-electron chi connectivity index (χ2n) is 20.6. The first kappa shape index (κ1) is 42.7. The van der Waals surface area contributed by atoms with E-state index in [1.807, 2.05) is 0 Å². The summed E-state index contributed by atoms with van der Waals surface area (Å²) >= 11 is 0. The Hall–Kier alpha value is -9.76. The maximum Gasteiger partial charge on any atom is 0.137 e. The van der Waals surface area contributed by atoms with Crippen LogP contribution in [0.2, 0.25) is 0 Å². The molecule has 0 radical (unpaired) electrons. The number of hydrogen-bond acceptors (Lipinski definition) is 2. The lowest BCUT2D eigenvalue weighted by atomic mass is 9.67. The Kier molecular flexibility index (Phi) is 9.20. The van der Waals surface area contributed by atoms with Gasteiger partial charge in [-0.25, -0.2) is 0 Å². The zero-order valence-corrected chi connectivity index (χ0v) is 41.5. The smallest absolute Gasteiger partial charge is 0.137 e. The van der Waals surface area contributed by atoms with Crippen molar-refractivity contribution >= 4 is 39.0 Å². The molecule has 2 nitrogen and oxygen atoms in total. The summed E-state index contributed by atoms with van der Waals surface area (Å²) in [5.41, 5.74) is 26.3. The van der Waals surface area contributed by atoms with E-state index in [4.69, 9.17) is 4.42 Å². The molecule has 13 aromatic rings. The van der Waals surface area contributed by atoms with E-state index in [1.165, 1.54) is 94.6 Å². The molecule has 0 bridgehead atoms. The summed E-state index contributed by atoms with van der Waals surface area (Å²) in [6.07, 6.45) is 0. The Labute approximate surface area is 442 Å². The van der Waals surface area contributed by atoms with Crippen LogP contribution in [0.5, 0.6) is 0 Å². The molecule has 1 atom stereocenters. The van der Waals surface area contributed by atoms with Crippen molar-refractivity contribution in [3.8, 4) is 55.6 Å². The van der Waals surface area contributed by atoms with Gasteiger partial charge < -0.3 is 9.32 Å². The van der Waals surface area contributed by atoms with E-state index in [0.29, 0.717) is 0 Å². The third-order valence-electron chi connectivity index (χ3n) is 17.0. The van der Waals surface area contributed by atoms with Crippen molar-refractivity contribution in [2.75, 3.05) is 4.90 Å². The van der Waals surface area contributed by atoms with Crippen molar-refractivity contribution in [1.82, 2.24) is 0 Å². The van der Waals surface area contributed by atoms with E-state index < -0.39 is 10.8 Å². The van der Waals surface area contributed by atoms with E-state index >= 15 is 0 Å². The topological polar surface area (TPSA) is 16.4 Å². The molecular formula is C74H47NO. The van der Waals surface area contributed by atoms with Gasteiger partial charge in [0, 0.05) is 16.8 Å². The number of nitrogens with zero attached hydrogens (tertiary/aromatic N) is 1. The minimum absolute atomic E-state index is 0.521. The van der Waals surface area contributed by atoms with Crippen LogP contribution < -0.4 is 4.90 Å². The number of anilines is 3. The van der Waals surface area contributed by atoms with Crippen LogP contribution >= 0.6 is 0 Å². The summed E-state index contributed by atoms with van der Waals surface area (Å²) in [4.78, 5) is 2.51. The highest BCUT2D eigenvalue weighted by molar-refractivity contribution is 6.14. The van der Waals surface area contributed by atoms with Crippen molar-refractivity contribution < 1.29 is 4.42 Å². The maximum absolute atomic E-state index is 6.85. The maximum atomic E-state index is 6.85. The summed E-state index contributed by atoms with van der Waals surface area (Å²) in [6, 6.07) is 106. The Balaban J connectivity index is 0.992. The molecule has 0 amide bonds. The molecule has 1 unspecified atom stereocenters. The number of rotatable bonds is 7. The Bertz CT molecular complexity index is 4410. The molecule has 1 aromatic heterocycles. The molecule has 354 valence electrons. The Morgan fingerprint density at radius 3 is 1.47 bits per heavy atom. The molecule has 1 spiro atoms. The fourth-order valence-electron chi connectivity index (χ4n) is 14.0. The fourth-order valence-corrected chi connectivity index (χ4v) is 14.0.